The summed E-state index contributed by atoms with van der Waals surface area (Å²) in [4.78, 5) is 35.8. The zero-order valence-corrected chi connectivity index (χ0v) is 20.5. The maximum absolute atomic E-state index is 12.6. The third kappa shape index (κ3) is 6.42. The van der Waals surface area contributed by atoms with E-state index in [4.69, 9.17) is 9.47 Å². The summed E-state index contributed by atoms with van der Waals surface area (Å²) < 4.78 is 11.4. The number of carbonyl (C=O) groups excluding carboxylic acids is 2. The highest BCUT2D eigenvalue weighted by atomic mass is 16.6. The molecule has 3 fully saturated rings. The largest absolute Gasteiger partial charge is 0.393 e. The summed E-state index contributed by atoms with van der Waals surface area (Å²) in [5, 5.41) is 30.8. The van der Waals surface area contributed by atoms with Crippen LogP contribution in [0.15, 0.2) is 12.4 Å². The first-order valence-corrected chi connectivity index (χ1v) is 12.7. The lowest BCUT2D eigenvalue weighted by Gasteiger charge is -2.37. The van der Waals surface area contributed by atoms with Crippen molar-refractivity contribution in [3.63, 3.8) is 0 Å². The number of piperidine rings is 1. The Morgan fingerprint density at radius 3 is 2.43 bits per heavy atom. The van der Waals surface area contributed by atoms with Crippen LogP contribution in [-0.2, 0) is 14.3 Å². The number of hydrogen-bond acceptors (Lipinski definition) is 10. The molecule has 1 aromatic heterocycles. The first kappa shape index (κ1) is 26.1. The molecule has 10 nitrogen and oxygen atoms in total. The number of carbonyl (C=O) groups is 2. The number of Topliss-reactive ketones (excluding diaryl/α,β-unsaturated/α-hetero) is 2. The van der Waals surface area contributed by atoms with Crippen LogP contribution in [0, 0.1) is 11.8 Å². The van der Waals surface area contributed by atoms with Gasteiger partial charge in [0.2, 0.25) is 5.95 Å². The Labute approximate surface area is 205 Å². The van der Waals surface area contributed by atoms with E-state index in [9.17, 15) is 24.9 Å². The Bertz CT molecular complexity index is 874. The SMILES string of the molecule is C[C@H]([C@@H]1O[C@H]1C[C@@H]1OC[C@H](CC(=O)CC(=O)c2cnc(N3CCCCC3)nc2)[C@@H](O)[C@H]1O)[C@H](C)O. The minimum atomic E-state index is -1.15. The molecule has 194 valence electrons. The average Bonchev–Trinajstić information content (AvgIpc) is 3.63. The number of rotatable bonds is 10. The van der Waals surface area contributed by atoms with Gasteiger partial charge in [-0.25, -0.2) is 9.97 Å². The van der Waals surface area contributed by atoms with Crippen LogP contribution in [0.5, 0.6) is 0 Å². The first-order valence-electron chi connectivity index (χ1n) is 12.7. The zero-order chi connectivity index (χ0) is 25.1. The van der Waals surface area contributed by atoms with Gasteiger partial charge in [0.05, 0.1) is 49.1 Å². The smallest absolute Gasteiger partial charge is 0.225 e. The number of ether oxygens (including phenoxy) is 2. The Kier molecular flexibility index (Phi) is 8.49. The van der Waals surface area contributed by atoms with E-state index in [0.29, 0.717) is 12.4 Å². The van der Waals surface area contributed by atoms with E-state index in [1.807, 2.05) is 6.92 Å². The molecule has 0 radical (unpaired) electrons. The second-order valence-corrected chi connectivity index (χ2v) is 10.2. The van der Waals surface area contributed by atoms with Crippen LogP contribution >= 0.6 is 0 Å². The molecule has 8 atom stereocenters. The van der Waals surface area contributed by atoms with Gasteiger partial charge in [-0.05, 0) is 26.2 Å². The number of ketones is 2. The topological polar surface area (TPSA) is 146 Å². The quantitative estimate of drug-likeness (QED) is 0.245. The predicted octanol–water partition coefficient (Wildman–Crippen LogP) is 0.910. The van der Waals surface area contributed by atoms with Crippen LogP contribution in [0.3, 0.4) is 0 Å². The highest BCUT2D eigenvalue weighted by Crippen LogP contribution is 2.37. The van der Waals surface area contributed by atoms with Crippen molar-refractivity contribution in [2.24, 2.45) is 11.8 Å². The average molecular weight is 492 g/mol. The van der Waals surface area contributed by atoms with Crippen LogP contribution in [0.1, 0.15) is 62.7 Å². The summed E-state index contributed by atoms with van der Waals surface area (Å²) >= 11 is 0. The summed E-state index contributed by atoms with van der Waals surface area (Å²) in [6, 6.07) is 0. The molecule has 4 rings (SSSR count). The lowest BCUT2D eigenvalue weighted by molar-refractivity contribution is -0.170. The Morgan fingerprint density at radius 1 is 1.09 bits per heavy atom. The fourth-order valence-corrected chi connectivity index (χ4v) is 5.01. The van der Waals surface area contributed by atoms with Gasteiger partial charge in [0.1, 0.15) is 11.9 Å². The van der Waals surface area contributed by atoms with Crippen LogP contribution in [0.2, 0.25) is 0 Å². The molecule has 0 amide bonds. The minimum absolute atomic E-state index is 0.0278. The zero-order valence-electron chi connectivity index (χ0n) is 20.5. The number of aliphatic hydroxyl groups excluding tert-OH is 3. The van der Waals surface area contributed by atoms with Gasteiger partial charge in [0.15, 0.2) is 5.78 Å². The molecule has 3 aliphatic rings. The van der Waals surface area contributed by atoms with Crippen molar-refractivity contribution in [2.75, 3.05) is 24.6 Å². The van der Waals surface area contributed by atoms with Gasteiger partial charge in [-0.1, -0.05) is 6.92 Å². The molecule has 0 spiro atoms. The van der Waals surface area contributed by atoms with Crippen LogP contribution < -0.4 is 4.90 Å². The van der Waals surface area contributed by atoms with Gasteiger partial charge in [0.25, 0.3) is 0 Å². The van der Waals surface area contributed by atoms with Gasteiger partial charge in [-0.15, -0.1) is 0 Å². The first-order chi connectivity index (χ1) is 16.7. The Balaban J connectivity index is 1.23. The molecule has 0 aromatic carbocycles. The van der Waals surface area contributed by atoms with E-state index in [1.54, 1.807) is 6.92 Å². The van der Waals surface area contributed by atoms with E-state index >= 15 is 0 Å². The number of hydrogen-bond donors (Lipinski definition) is 3. The summed E-state index contributed by atoms with van der Waals surface area (Å²) in [5.41, 5.74) is 0.282. The van der Waals surface area contributed by atoms with E-state index in [1.165, 1.54) is 18.8 Å². The molecule has 0 aliphatic carbocycles. The molecule has 4 heterocycles. The summed E-state index contributed by atoms with van der Waals surface area (Å²) in [6.45, 7) is 5.53. The van der Waals surface area contributed by atoms with Gasteiger partial charge in [-0.3, -0.25) is 9.59 Å². The number of anilines is 1. The number of aromatic nitrogens is 2. The third-order valence-electron chi connectivity index (χ3n) is 7.55. The molecule has 35 heavy (non-hydrogen) atoms. The van der Waals surface area contributed by atoms with Crippen LogP contribution in [0.4, 0.5) is 5.95 Å². The molecule has 10 heteroatoms. The third-order valence-corrected chi connectivity index (χ3v) is 7.55. The van der Waals surface area contributed by atoms with Crippen molar-refractivity contribution in [1.29, 1.82) is 0 Å². The van der Waals surface area contributed by atoms with E-state index < -0.39 is 30.3 Å². The summed E-state index contributed by atoms with van der Waals surface area (Å²) in [7, 11) is 0. The van der Waals surface area contributed by atoms with Crippen molar-refractivity contribution in [1.82, 2.24) is 9.97 Å². The maximum atomic E-state index is 12.6. The van der Waals surface area contributed by atoms with Gasteiger partial charge >= 0.3 is 0 Å². The fraction of sp³-hybridized carbons (Fsp3) is 0.760. The van der Waals surface area contributed by atoms with Crippen molar-refractivity contribution in [2.45, 2.75) is 89.0 Å². The summed E-state index contributed by atoms with van der Waals surface area (Å²) in [6.07, 6.45) is 2.74. The number of epoxide rings is 1. The Hall–Kier alpha value is -1.98. The predicted molar refractivity (Wildman–Crippen MR) is 126 cm³/mol. The van der Waals surface area contributed by atoms with Crippen LogP contribution in [0.25, 0.3) is 0 Å². The normalized spacial score (nSPS) is 32.7. The number of nitrogens with zero attached hydrogens (tertiary/aromatic N) is 3. The fourth-order valence-electron chi connectivity index (χ4n) is 5.01. The molecule has 3 saturated heterocycles. The second-order valence-electron chi connectivity index (χ2n) is 10.2. The van der Waals surface area contributed by atoms with Gasteiger partial charge in [-0.2, -0.15) is 0 Å². The van der Waals surface area contributed by atoms with Crippen molar-refractivity contribution >= 4 is 17.5 Å². The van der Waals surface area contributed by atoms with E-state index in [2.05, 4.69) is 14.9 Å². The highest BCUT2D eigenvalue weighted by Gasteiger charge is 2.48. The lowest BCUT2D eigenvalue weighted by Crippen LogP contribution is -2.51. The standard InChI is InChI=1S/C25H37N3O7/c1-14(15(2)29)24-21(35-24)10-20-23(33)22(32)16(13-34-20)8-18(30)9-19(31)17-11-26-25(27-12-17)28-6-4-3-5-7-28/h11-12,14-16,20-24,29,32-33H,3-10,13H2,1-2H3/t14-,15-,16-,20-,21-,22+,23-,24-/m0/s1. The molecule has 0 unspecified atom stereocenters. The second kappa shape index (κ2) is 11.4. The minimum Gasteiger partial charge on any atom is -0.393 e. The Morgan fingerprint density at radius 2 is 1.77 bits per heavy atom. The maximum Gasteiger partial charge on any atom is 0.225 e. The lowest BCUT2D eigenvalue weighted by atomic mass is 9.85. The van der Waals surface area contributed by atoms with Crippen molar-refractivity contribution in [3.8, 4) is 0 Å². The number of aliphatic hydroxyl groups is 3. The molecule has 1 aromatic rings. The van der Waals surface area contributed by atoms with Gasteiger partial charge in [0, 0.05) is 50.2 Å². The summed E-state index contributed by atoms with van der Waals surface area (Å²) in [5.74, 6) is -0.716. The molecular formula is C25H37N3O7. The van der Waals surface area contributed by atoms with Crippen LogP contribution in [-0.4, -0.2) is 93.2 Å². The van der Waals surface area contributed by atoms with Crippen molar-refractivity contribution < 1.29 is 34.4 Å². The van der Waals surface area contributed by atoms with E-state index in [-0.39, 0.29) is 54.7 Å². The van der Waals surface area contributed by atoms with Gasteiger partial charge < -0.3 is 29.7 Å². The van der Waals surface area contributed by atoms with Crippen molar-refractivity contribution in [3.05, 3.63) is 18.0 Å². The molecule has 0 bridgehead atoms. The molecule has 0 saturated carbocycles. The molecular weight excluding hydrogens is 454 g/mol. The van der Waals surface area contributed by atoms with E-state index in [0.717, 1.165) is 25.9 Å². The highest BCUT2D eigenvalue weighted by molar-refractivity contribution is 6.07. The monoisotopic (exact) mass is 491 g/mol. The molecule has 3 N–H and O–H groups in total. The molecule has 3 aliphatic heterocycles.